The standard InChI is InChI=1S/C8H12F3/c1-2-3-4-5-6-7-8(9,10)11/h4-5H,1-3,6-7H2. The molecular formula is C8H12F3. The molecule has 0 bridgehead atoms. The van der Waals surface area contributed by atoms with E-state index in [1.165, 1.54) is 0 Å². The SMILES string of the molecule is [CH2]CCC=CCCC(F)(F)F. The van der Waals surface area contributed by atoms with Crippen LogP contribution in [0.5, 0.6) is 0 Å². The summed E-state index contributed by atoms with van der Waals surface area (Å²) >= 11 is 0. The molecule has 0 aliphatic carbocycles. The fourth-order valence-electron chi connectivity index (χ4n) is 0.601. The van der Waals surface area contributed by atoms with Gasteiger partial charge in [0, 0.05) is 6.42 Å². The summed E-state index contributed by atoms with van der Waals surface area (Å²) in [4.78, 5) is 0. The molecule has 0 N–H and O–H groups in total. The first-order chi connectivity index (χ1) is 5.06. The van der Waals surface area contributed by atoms with Gasteiger partial charge in [0.05, 0.1) is 0 Å². The van der Waals surface area contributed by atoms with Gasteiger partial charge in [0.15, 0.2) is 0 Å². The van der Waals surface area contributed by atoms with Crippen molar-refractivity contribution < 1.29 is 13.2 Å². The van der Waals surface area contributed by atoms with Crippen molar-refractivity contribution in [1.29, 1.82) is 0 Å². The molecule has 0 saturated heterocycles. The summed E-state index contributed by atoms with van der Waals surface area (Å²) in [5, 5.41) is 0. The minimum atomic E-state index is -4.02. The maximum absolute atomic E-state index is 11.5. The Balaban J connectivity index is 3.27. The second-order valence-corrected chi connectivity index (χ2v) is 2.27. The van der Waals surface area contributed by atoms with E-state index in [9.17, 15) is 13.2 Å². The molecule has 0 heterocycles. The highest BCUT2D eigenvalue weighted by molar-refractivity contribution is 4.82. The lowest BCUT2D eigenvalue weighted by Gasteiger charge is -2.01. The normalized spacial score (nSPS) is 12.7. The maximum Gasteiger partial charge on any atom is 0.389 e. The van der Waals surface area contributed by atoms with E-state index in [1.54, 1.807) is 12.2 Å². The minimum absolute atomic E-state index is 0.0868. The van der Waals surface area contributed by atoms with Crippen LogP contribution in [0.1, 0.15) is 25.7 Å². The van der Waals surface area contributed by atoms with E-state index < -0.39 is 12.6 Å². The molecule has 0 atom stereocenters. The number of allylic oxidation sites excluding steroid dienone is 2. The van der Waals surface area contributed by atoms with Crippen LogP contribution in [0.15, 0.2) is 12.2 Å². The molecule has 65 valence electrons. The Labute approximate surface area is 65.1 Å². The largest absolute Gasteiger partial charge is 0.389 e. The van der Waals surface area contributed by atoms with Crippen molar-refractivity contribution in [3.63, 3.8) is 0 Å². The molecule has 0 aromatic heterocycles. The molecule has 0 rings (SSSR count). The monoisotopic (exact) mass is 165 g/mol. The van der Waals surface area contributed by atoms with E-state index in [4.69, 9.17) is 0 Å². The quantitative estimate of drug-likeness (QED) is 0.559. The summed E-state index contributed by atoms with van der Waals surface area (Å²) < 4.78 is 34.6. The van der Waals surface area contributed by atoms with Gasteiger partial charge >= 0.3 is 6.18 Å². The number of hydrogen-bond acceptors (Lipinski definition) is 0. The third-order valence-corrected chi connectivity index (χ3v) is 1.13. The van der Waals surface area contributed by atoms with Crippen LogP contribution in [-0.4, -0.2) is 6.18 Å². The van der Waals surface area contributed by atoms with Gasteiger partial charge in [-0.1, -0.05) is 19.1 Å². The molecule has 1 radical (unpaired) electrons. The summed E-state index contributed by atoms with van der Waals surface area (Å²) in [6, 6.07) is 0. The molecule has 0 aliphatic rings. The topological polar surface area (TPSA) is 0 Å². The number of halogens is 3. The predicted octanol–water partition coefficient (Wildman–Crippen LogP) is 3.50. The molecule has 0 aromatic carbocycles. The summed E-state index contributed by atoms with van der Waals surface area (Å²) in [5.41, 5.74) is 0. The molecular weight excluding hydrogens is 153 g/mol. The smallest absolute Gasteiger partial charge is 0.171 e. The molecule has 0 saturated carbocycles. The van der Waals surface area contributed by atoms with Crippen LogP contribution in [0, 0.1) is 6.92 Å². The molecule has 0 spiro atoms. The minimum Gasteiger partial charge on any atom is -0.171 e. The Morgan fingerprint density at radius 1 is 1.09 bits per heavy atom. The van der Waals surface area contributed by atoms with Gasteiger partial charge in [-0.15, -0.1) is 0 Å². The highest BCUT2D eigenvalue weighted by Gasteiger charge is 2.25. The Kier molecular flexibility index (Phi) is 4.99. The molecule has 0 aliphatic heterocycles. The van der Waals surface area contributed by atoms with E-state index in [0.717, 1.165) is 12.8 Å². The lowest BCUT2D eigenvalue weighted by molar-refractivity contribution is -0.133. The van der Waals surface area contributed by atoms with Crippen LogP contribution in [0.4, 0.5) is 13.2 Å². The van der Waals surface area contributed by atoms with Gasteiger partial charge in [-0.05, 0) is 19.3 Å². The summed E-state index contributed by atoms with van der Waals surface area (Å²) in [7, 11) is 0. The van der Waals surface area contributed by atoms with Gasteiger partial charge in [-0.25, -0.2) is 0 Å². The molecule has 0 amide bonds. The summed E-state index contributed by atoms with van der Waals surface area (Å²) in [5.74, 6) is 0. The van der Waals surface area contributed by atoms with Gasteiger partial charge in [0.25, 0.3) is 0 Å². The van der Waals surface area contributed by atoms with E-state index in [1.807, 2.05) is 0 Å². The number of unbranched alkanes of at least 4 members (excludes halogenated alkanes) is 1. The van der Waals surface area contributed by atoms with Crippen LogP contribution >= 0.6 is 0 Å². The van der Waals surface area contributed by atoms with Gasteiger partial charge < -0.3 is 0 Å². The molecule has 0 aromatic rings. The van der Waals surface area contributed by atoms with Crippen molar-refractivity contribution in [2.45, 2.75) is 31.9 Å². The van der Waals surface area contributed by atoms with Crippen LogP contribution in [-0.2, 0) is 0 Å². The second kappa shape index (κ2) is 5.22. The van der Waals surface area contributed by atoms with Crippen molar-refractivity contribution in [3.8, 4) is 0 Å². The average Bonchev–Trinajstić information content (AvgIpc) is 1.85. The van der Waals surface area contributed by atoms with E-state index >= 15 is 0 Å². The fraction of sp³-hybridized carbons (Fsp3) is 0.625. The second-order valence-electron chi connectivity index (χ2n) is 2.27. The third kappa shape index (κ3) is 9.53. The van der Waals surface area contributed by atoms with Crippen LogP contribution in [0.3, 0.4) is 0 Å². The first kappa shape index (κ1) is 10.5. The van der Waals surface area contributed by atoms with E-state index in [-0.39, 0.29) is 6.42 Å². The Hall–Kier alpha value is -0.470. The zero-order valence-corrected chi connectivity index (χ0v) is 6.32. The average molecular weight is 165 g/mol. The lowest BCUT2D eigenvalue weighted by Crippen LogP contribution is -2.05. The van der Waals surface area contributed by atoms with Crippen molar-refractivity contribution in [1.82, 2.24) is 0 Å². The van der Waals surface area contributed by atoms with Crippen molar-refractivity contribution >= 4 is 0 Å². The highest BCUT2D eigenvalue weighted by atomic mass is 19.4. The molecule has 0 fully saturated rings. The van der Waals surface area contributed by atoms with Crippen molar-refractivity contribution in [2.75, 3.05) is 0 Å². The molecule has 11 heavy (non-hydrogen) atoms. The van der Waals surface area contributed by atoms with Crippen LogP contribution in [0.25, 0.3) is 0 Å². The molecule has 3 heteroatoms. The lowest BCUT2D eigenvalue weighted by atomic mass is 10.2. The third-order valence-electron chi connectivity index (χ3n) is 1.13. The van der Waals surface area contributed by atoms with Crippen LogP contribution in [0.2, 0.25) is 0 Å². The van der Waals surface area contributed by atoms with Gasteiger partial charge in [-0.2, -0.15) is 13.2 Å². The Morgan fingerprint density at radius 2 is 1.64 bits per heavy atom. The van der Waals surface area contributed by atoms with Gasteiger partial charge in [-0.3, -0.25) is 0 Å². The maximum atomic E-state index is 11.5. The zero-order chi connectivity index (χ0) is 8.74. The number of hydrogen-bond donors (Lipinski definition) is 0. The van der Waals surface area contributed by atoms with E-state index in [0.29, 0.717) is 0 Å². The fourth-order valence-corrected chi connectivity index (χ4v) is 0.601. The Bertz CT molecular complexity index is 113. The summed E-state index contributed by atoms with van der Waals surface area (Å²) in [6.45, 7) is 3.56. The van der Waals surface area contributed by atoms with E-state index in [2.05, 4.69) is 6.92 Å². The summed E-state index contributed by atoms with van der Waals surface area (Å²) in [6.07, 6.45) is 0.136. The number of rotatable bonds is 4. The van der Waals surface area contributed by atoms with Crippen molar-refractivity contribution in [2.24, 2.45) is 0 Å². The van der Waals surface area contributed by atoms with Crippen LogP contribution < -0.4 is 0 Å². The highest BCUT2D eigenvalue weighted by Crippen LogP contribution is 2.21. The first-order valence-electron chi connectivity index (χ1n) is 3.57. The Morgan fingerprint density at radius 3 is 2.09 bits per heavy atom. The molecule has 0 nitrogen and oxygen atoms in total. The molecule has 0 unspecified atom stereocenters. The van der Waals surface area contributed by atoms with Gasteiger partial charge in [0.2, 0.25) is 0 Å². The predicted molar refractivity (Wildman–Crippen MR) is 39.0 cm³/mol. The first-order valence-corrected chi connectivity index (χ1v) is 3.57. The number of alkyl halides is 3. The zero-order valence-electron chi connectivity index (χ0n) is 6.32. The van der Waals surface area contributed by atoms with Crippen molar-refractivity contribution in [3.05, 3.63) is 19.1 Å². The van der Waals surface area contributed by atoms with Gasteiger partial charge in [0.1, 0.15) is 0 Å².